The Bertz CT molecular complexity index is 186. The highest BCUT2D eigenvalue weighted by molar-refractivity contribution is 14.1. The first-order valence-electron chi connectivity index (χ1n) is 5.95. The predicted octanol–water partition coefficient (Wildman–Crippen LogP) is 5.32. The van der Waals surface area contributed by atoms with Crippen molar-refractivity contribution in [3.8, 4) is 0 Å². The van der Waals surface area contributed by atoms with Gasteiger partial charge in [-0.1, -0.05) is 48.9 Å². The third kappa shape index (κ3) is 3.92. The van der Waals surface area contributed by atoms with Crippen LogP contribution < -0.4 is 0 Å². The minimum absolute atomic E-state index is 0.680. The van der Waals surface area contributed by atoms with Gasteiger partial charge in [-0.2, -0.15) is 0 Å². The molecule has 14 heavy (non-hydrogen) atoms. The first-order chi connectivity index (χ1) is 6.70. The molecule has 0 N–H and O–H groups in total. The monoisotopic (exact) mass is 306 g/mol. The highest BCUT2D eigenvalue weighted by Gasteiger charge is 2.33. The molecule has 1 aliphatic carbocycles. The van der Waals surface area contributed by atoms with Crippen molar-refractivity contribution in [3.63, 3.8) is 0 Å². The normalized spacial score (nSPS) is 32.9. The number of halogens is 1. The number of hydrogen-bond donors (Lipinski definition) is 0. The first kappa shape index (κ1) is 12.5. The van der Waals surface area contributed by atoms with Crippen LogP contribution in [0.25, 0.3) is 0 Å². The molecule has 1 saturated carbocycles. The van der Waals surface area contributed by atoms with Crippen LogP contribution >= 0.6 is 22.6 Å². The molecule has 0 aromatic rings. The lowest BCUT2D eigenvalue weighted by molar-refractivity contribution is 0.285. The van der Waals surface area contributed by atoms with Crippen LogP contribution in [0, 0.1) is 11.3 Å². The quantitative estimate of drug-likeness (QED) is 0.476. The van der Waals surface area contributed by atoms with Gasteiger partial charge in [0.2, 0.25) is 0 Å². The van der Waals surface area contributed by atoms with Crippen molar-refractivity contribution in [2.45, 2.75) is 58.8 Å². The summed E-state index contributed by atoms with van der Waals surface area (Å²) in [5, 5.41) is 0. The van der Waals surface area contributed by atoms with Crippen LogP contribution in [-0.2, 0) is 0 Å². The molecule has 0 aromatic carbocycles. The lowest BCUT2D eigenvalue weighted by Crippen LogP contribution is -2.11. The van der Waals surface area contributed by atoms with Crippen LogP contribution in [-0.4, -0.2) is 0 Å². The number of hydrogen-bond acceptors (Lipinski definition) is 0. The van der Waals surface area contributed by atoms with Crippen molar-refractivity contribution in [2.24, 2.45) is 11.3 Å². The molecule has 0 bridgehead atoms. The molecule has 1 rings (SSSR count). The van der Waals surface area contributed by atoms with Gasteiger partial charge < -0.3 is 0 Å². The maximum Gasteiger partial charge on any atom is -0.0274 e. The largest absolute Gasteiger partial charge is 0.0785 e. The number of rotatable bonds is 5. The maximum absolute atomic E-state index is 2.50. The molecule has 0 radical (unpaired) electrons. The summed E-state index contributed by atoms with van der Waals surface area (Å²) in [6, 6.07) is 0. The topological polar surface area (TPSA) is 0 Å². The SMILES string of the molecule is CCC1CC[C@@](C)(CCC/C=C\I)C1. The van der Waals surface area contributed by atoms with E-state index in [4.69, 9.17) is 0 Å². The molecule has 2 atom stereocenters. The van der Waals surface area contributed by atoms with Crippen LogP contribution in [0.1, 0.15) is 58.8 Å². The fraction of sp³-hybridized carbons (Fsp3) is 0.846. The van der Waals surface area contributed by atoms with Crippen molar-refractivity contribution in [1.29, 1.82) is 0 Å². The summed E-state index contributed by atoms with van der Waals surface area (Å²) in [4.78, 5) is 0. The average Bonchev–Trinajstić information content (AvgIpc) is 2.56. The molecule has 1 aliphatic rings. The summed E-state index contributed by atoms with van der Waals surface area (Å²) >= 11 is 2.31. The zero-order valence-electron chi connectivity index (χ0n) is 9.56. The van der Waals surface area contributed by atoms with E-state index < -0.39 is 0 Å². The summed E-state index contributed by atoms with van der Waals surface area (Å²) in [5.74, 6) is 1.03. The third-order valence-electron chi connectivity index (χ3n) is 3.76. The van der Waals surface area contributed by atoms with Gasteiger partial charge in [0.15, 0.2) is 0 Å². The van der Waals surface area contributed by atoms with E-state index in [1.165, 1.54) is 44.9 Å². The smallest absolute Gasteiger partial charge is 0.0274 e. The molecule has 82 valence electrons. The standard InChI is InChI=1S/C13H23I/c1-3-12-7-9-13(2,11-12)8-5-4-6-10-14/h6,10,12H,3-5,7-9,11H2,1-2H3/b10-6-/t12?,13-/m1/s1. The van der Waals surface area contributed by atoms with Crippen molar-refractivity contribution in [1.82, 2.24) is 0 Å². The van der Waals surface area contributed by atoms with E-state index in [0.717, 1.165) is 5.92 Å². The minimum atomic E-state index is 0.680. The molecule has 0 nitrogen and oxygen atoms in total. The van der Waals surface area contributed by atoms with Gasteiger partial charge >= 0.3 is 0 Å². The Kier molecular flexibility index (Phi) is 5.50. The molecule has 0 aromatic heterocycles. The van der Waals surface area contributed by atoms with Crippen LogP contribution in [0.5, 0.6) is 0 Å². The molecule has 0 amide bonds. The van der Waals surface area contributed by atoms with E-state index in [2.05, 4.69) is 46.6 Å². The van der Waals surface area contributed by atoms with Crippen molar-refractivity contribution < 1.29 is 0 Å². The maximum atomic E-state index is 2.50. The molecule has 1 fully saturated rings. The molecule has 0 heterocycles. The summed E-state index contributed by atoms with van der Waals surface area (Å²) in [5.41, 5.74) is 0.680. The third-order valence-corrected chi connectivity index (χ3v) is 4.26. The Morgan fingerprint density at radius 1 is 1.50 bits per heavy atom. The summed E-state index contributed by atoms with van der Waals surface area (Å²) in [6.45, 7) is 4.84. The Hall–Kier alpha value is 0.470. The fourth-order valence-corrected chi connectivity index (χ4v) is 3.10. The zero-order chi connectivity index (χ0) is 10.4. The van der Waals surface area contributed by atoms with Gasteiger partial charge in [-0.3, -0.25) is 0 Å². The lowest BCUT2D eigenvalue weighted by atomic mass is 9.82. The number of unbranched alkanes of at least 4 members (excludes halogenated alkanes) is 1. The highest BCUT2D eigenvalue weighted by Crippen LogP contribution is 2.45. The lowest BCUT2D eigenvalue weighted by Gasteiger charge is -2.23. The molecule has 0 aliphatic heterocycles. The Balaban J connectivity index is 2.22. The van der Waals surface area contributed by atoms with Gasteiger partial charge in [-0.15, -0.1) is 0 Å². The van der Waals surface area contributed by atoms with Crippen molar-refractivity contribution in [2.75, 3.05) is 0 Å². The Labute approximate surface area is 103 Å². The van der Waals surface area contributed by atoms with Crippen LogP contribution in [0.4, 0.5) is 0 Å². The second-order valence-corrected chi connectivity index (χ2v) is 5.80. The Morgan fingerprint density at radius 2 is 2.29 bits per heavy atom. The molecule has 1 heteroatoms. The van der Waals surface area contributed by atoms with Gasteiger partial charge in [-0.25, -0.2) is 0 Å². The summed E-state index contributed by atoms with van der Waals surface area (Å²) in [6.07, 6.45) is 12.2. The van der Waals surface area contributed by atoms with E-state index in [-0.39, 0.29) is 0 Å². The van der Waals surface area contributed by atoms with Crippen molar-refractivity contribution >= 4 is 22.6 Å². The van der Waals surface area contributed by atoms with E-state index in [1.54, 1.807) is 0 Å². The summed E-state index contributed by atoms with van der Waals surface area (Å²) in [7, 11) is 0. The molecule has 1 unspecified atom stereocenters. The van der Waals surface area contributed by atoms with Gasteiger partial charge in [0.25, 0.3) is 0 Å². The first-order valence-corrected chi connectivity index (χ1v) is 7.20. The second-order valence-electron chi connectivity index (χ2n) is 5.08. The zero-order valence-corrected chi connectivity index (χ0v) is 11.7. The van der Waals surface area contributed by atoms with Crippen LogP contribution in [0.2, 0.25) is 0 Å². The predicted molar refractivity (Wildman–Crippen MR) is 72.8 cm³/mol. The number of allylic oxidation sites excluding steroid dienone is 1. The van der Waals surface area contributed by atoms with Crippen LogP contribution in [0.15, 0.2) is 10.2 Å². The second kappa shape index (κ2) is 6.14. The van der Waals surface area contributed by atoms with Gasteiger partial charge in [0.05, 0.1) is 0 Å². The van der Waals surface area contributed by atoms with E-state index in [9.17, 15) is 0 Å². The Morgan fingerprint density at radius 3 is 2.86 bits per heavy atom. The van der Waals surface area contributed by atoms with Gasteiger partial charge in [-0.05, 0) is 53.9 Å². The average molecular weight is 306 g/mol. The molecule has 0 saturated heterocycles. The fourth-order valence-electron chi connectivity index (χ4n) is 2.74. The summed E-state index contributed by atoms with van der Waals surface area (Å²) < 4.78 is 2.14. The van der Waals surface area contributed by atoms with Crippen molar-refractivity contribution in [3.05, 3.63) is 10.2 Å². The molecule has 0 spiro atoms. The van der Waals surface area contributed by atoms with Gasteiger partial charge in [0, 0.05) is 0 Å². The minimum Gasteiger partial charge on any atom is -0.0785 e. The molecular formula is C13H23I. The van der Waals surface area contributed by atoms with E-state index >= 15 is 0 Å². The van der Waals surface area contributed by atoms with E-state index in [1.807, 2.05) is 0 Å². The highest BCUT2D eigenvalue weighted by atomic mass is 127. The van der Waals surface area contributed by atoms with Crippen LogP contribution in [0.3, 0.4) is 0 Å². The van der Waals surface area contributed by atoms with Gasteiger partial charge in [0.1, 0.15) is 0 Å². The van der Waals surface area contributed by atoms with E-state index in [0.29, 0.717) is 5.41 Å². The molecular weight excluding hydrogens is 283 g/mol.